The molecule has 148 valence electrons. The monoisotopic (exact) mass is 408 g/mol. The van der Waals surface area contributed by atoms with E-state index in [-0.39, 0.29) is 18.2 Å². The van der Waals surface area contributed by atoms with Crippen LogP contribution in [0.15, 0.2) is 54.6 Å². The Balaban J connectivity index is 1.53. The molecule has 1 atom stereocenters. The van der Waals surface area contributed by atoms with Crippen LogP contribution in [-0.2, 0) is 9.59 Å². The summed E-state index contributed by atoms with van der Waals surface area (Å²) >= 11 is 6.22. The van der Waals surface area contributed by atoms with E-state index < -0.39 is 5.92 Å². The molecule has 6 nitrogen and oxygen atoms in total. The fourth-order valence-electron chi connectivity index (χ4n) is 3.66. The molecule has 2 amide bonds. The van der Waals surface area contributed by atoms with Crippen molar-refractivity contribution in [3.05, 3.63) is 71.0 Å². The van der Waals surface area contributed by atoms with E-state index in [1.807, 2.05) is 56.3 Å². The molecule has 1 unspecified atom stereocenters. The zero-order valence-electron chi connectivity index (χ0n) is 16.2. The van der Waals surface area contributed by atoms with Crippen molar-refractivity contribution >= 4 is 34.8 Å². The highest BCUT2D eigenvalue weighted by atomic mass is 35.5. The second-order valence-electron chi connectivity index (χ2n) is 7.14. The van der Waals surface area contributed by atoms with E-state index in [2.05, 4.69) is 10.4 Å². The Kier molecular flexibility index (Phi) is 5.11. The third kappa shape index (κ3) is 3.63. The van der Waals surface area contributed by atoms with Gasteiger partial charge in [0.25, 0.3) is 0 Å². The van der Waals surface area contributed by atoms with Crippen LogP contribution < -0.4 is 10.2 Å². The van der Waals surface area contributed by atoms with Crippen LogP contribution in [0.4, 0.5) is 11.4 Å². The summed E-state index contributed by atoms with van der Waals surface area (Å²) < 4.78 is 1.81. The standard InChI is InChI=1S/C22H21ClN4O2/c1-14-21(15(2)27(25-14)17-8-4-3-5-9-17)24-22(29)16-12-20(28)26(13-16)19-11-7-6-10-18(19)23/h3-11,16H,12-13H2,1-2H3,(H,24,29). The molecule has 0 radical (unpaired) electrons. The van der Waals surface area contributed by atoms with Gasteiger partial charge < -0.3 is 10.2 Å². The van der Waals surface area contributed by atoms with E-state index in [9.17, 15) is 9.59 Å². The molecule has 1 saturated heterocycles. The predicted molar refractivity (Wildman–Crippen MR) is 114 cm³/mol. The summed E-state index contributed by atoms with van der Waals surface area (Å²) in [5.74, 6) is -0.740. The largest absolute Gasteiger partial charge is 0.323 e. The van der Waals surface area contributed by atoms with Crippen molar-refractivity contribution in [2.75, 3.05) is 16.8 Å². The molecule has 0 saturated carbocycles. The van der Waals surface area contributed by atoms with Crippen LogP contribution in [0, 0.1) is 19.8 Å². The summed E-state index contributed by atoms with van der Waals surface area (Å²) in [7, 11) is 0. The molecule has 0 aliphatic carbocycles. The Morgan fingerprint density at radius 2 is 1.79 bits per heavy atom. The van der Waals surface area contributed by atoms with E-state index in [4.69, 9.17) is 11.6 Å². The number of aromatic nitrogens is 2. The summed E-state index contributed by atoms with van der Waals surface area (Å²) in [6.45, 7) is 4.08. The van der Waals surface area contributed by atoms with Gasteiger partial charge in [0, 0.05) is 13.0 Å². The van der Waals surface area contributed by atoms with Gasteiger partial charge in [-0.05, 0) is 38.1 Å². The molecular weight excluding hydrogens is 388 g/mol. The zero-order chi connectivity index (χ0) is 20.5. The first kappa shape index (κ1) is 19.2. The van der Waals surface area contributed by atoms with E-state index in [1.165, 1.54) is 0 Å². The zero-order valence-corrected chi connectivity index (χ0v) is 17.0. The lowest BCUT2D eigenvalue weighted by Gasteiger charge is -2.18. The number of halogens is 1. The van der Waals surface area contributed by atoms with Crippen LogP contribution >= 0.6 is 11.6 Å². The van der Waals surface area contributed by atoms with Gasteiger partial charge in [-0.2, -0.15) is 5.10 Å². The molecule has 1 aromatic heterocycles. The first-order valence-corrected chi connectivity index (χ1v) is 9.81. The number of anilines is 2. The number of rotatable bonds is 4. The number of nitrogens with zero attached hydrogens (tertiary/aromatic N) is 3. The van der Waals surface area contributed by atoms with Crippen LogP contribution in [0.2, 0.25) is 5.02 Å². The summed E-state index contributed by atoms with van der Waals surface area (Å²) in [5, 5.41) is 8.04. The maximum absolute atomic E-state index is 12.9. The number of amides is 2. The van der Waals surface area contributed by atoms with Gasteiger partial charge in [0.05, 0.1) is 39.4 Å². The highest BCUT2D eigenvalue weighted by molar-refractivity contribution is 6.33. The minimum Gasteiger partial charge on any atom is -0.323 e. The molecule has 1 aliphatic rings. The topological polar surface area (TPSA) is 67.2 Å². The van der Waals surface area contributed by atoms with Gasteiger partial charge in [-0.3, -0.25) is 9.59 Å². The summed E-state index contributed by atoms with van der Waals surface area (Å²) in [6.07, 6.45) is 0.155. The van der Waals surface area contributed by atoms with Crippen molar-refractivity contribution < 1.29 is 9.59 Å². The molecule has 0 spiro atoms. The Hall–Kier alpha value is -3.12. The van der Waals surface area contributed by atoms with Crippen LogP contribution in [0.3, 0.4) is 0 Å². The van der Waals surface area contributed by atoms with Gasteiger partial charge in [-0.25, -0.2) is 4.68 Å². The number of nitrogens with one attached hydrogen (secondary N) is 1. The van der Waals surface area contributed by atoms with E-state index >= 15 is 0 Å². The minimum atomic E-state index is -0.447. The molecule has 29 heavy (non-hydrogen) atoms. The van der Waals surface area contributed by atoms with Gasteiger partial charge in [0.2, 0.25) is 11.8 Å². The number of hydrogen-bond acceptors (Lipinski definition) is 3. The second kappa shape index (κ2) is 7.72. The minimum absolute atomic E-state index is 0.105. The molecule has 1 N–H and O–H groups in total. The maximum Gasteiger partial charge on any atom is 0.229 e. The Morgan fingerprint density at radius 1 is 1.10 bits per heavy atom. The molecule has 2 heterocycles. The van der Waals surface area contributed by atoms with Crippen molar-refractivity contribution in [1.82, 2.24) is 9.78 Å². The molecule has 2 aromatic carbocycles. The van der Waals surface area contributed by atoms with Crippen molar-refractivity contribution in [2.45, 2.75) is 20.3 Å². The summed E-state index contributed by atoms with van der Waals surface area (Å²) in [6, 6.07) is 16.9. The number of benzene rings is 2. The number of carbonyl (C=O) groups excluding carboxylic acids is 2. The normalized spacial score (nSPS) is 16.3. The molecular formula is C22H21ClN4O2. The van der Waals surface area contributed by atoms with Crippen LogP contribution in [0.25, 0.3) is 5.69 Å². The molecule has 1 fully saturated rings. The fourth-order valence-corrected chi connectivity index (χ4v) is 3.89. The lowest BCUT2D eigenvalue weighted by atomic mass is 10.1. The van der Waals surface area contributed by atoms with Crippen LogP contribution in [-0.4, -0.2) is 28.1 Å². The molecule has 0 bridgehead atoms. The average Bonchev–Trinajstić information content (AvgIpc) is 3.24. The van der Waals surface area contributed by atoms with Gasteiger partial charge in [-0.15, -0.1) is 0 Å². The average molecular weight is 409 g/mol. The SMILES string of the molecule is Cc1nn(-c2ccccc2)c(C)c1NC(=O)C1CC(=O)N(c2ccccc2Cl)C1. The maximum atomic E-state index is 12.9. The Labute approximate surface area is 174 Å². The lowest BCUT2D eigenvalue weighted by Crippen LogP contribution is -2.28. The van der Waals surface area contributed by atoms with E-state index in [1.54, 1.807) is 21.7 Å². The van der Waals surface area contributed by atoms with Gasteiger partial charge in [-0.1, -0.05) is 41.9 Å². The highest BCUT2D eigenvalue weighted by Crippen LogP contribution is 2.32. The van der Waals surface area contributed by atoms with Crippen molar-refractivity contribution in [3.8, 4) is 5.69 Å². The van der Waals surface area contributed by atoms with Crippen LogP contribution in [0.1, 0.15) is 17.8 Å². The highest BCUT2D eigenvalue weighted by Gasteiger charge is 2.36. The third-order valence-electron chi connectivity index (χ3n) is 5.18. The van der Waals surface area contributed by atoms with Crippen molar-refractivity contribution in [3.63, 3.8) is 0 Å². The second-order valence-corrected chi connectivity index (χ2v) is 7.55. The molecule has 7 heteroatoms. The Morgan fingerprint density at radius 3 is 2.52 bits per heavy atom. The van der Waals surface area contributed by atoms with Crippen molar-refractivity contribution in [2.24, 2.45) is 5.92 Å². The van der Waals surface area contributed by atoms with Gasteiger partial charge in [0.15, 0.2) is 0 Å². The molecule has 1 aliphatic heterocycles. The first-order valence-electron chi connectivity index (χ1n) is 9.43. The smallest absolute Gasteiger partial charge is 0.229 e. The lowest BCUT2D eigenvalue weighted by molar-refractivity contribution is -0.122. The van der Waals surface area contributed by atoms with E-state index in [0.29, 0.717) is 22.9 Å². The number of para-hydroxylation sites is 2. The Bertz CT molecular complexity index is 1080. The quantitative estimate of drug-likeness (QED) is 0.705. The number of hydrogen-bond donors (Lipinski definition) is 1. The van der Waals surface area contributed by atoms with Gasteiger partial charge in [0.1, 0.15) is 0 Å². The predicted octanol–water partition coefficient (Wildman–Crippen LogP) is 4.13. The first-order chi connectivity index (χ1) is 14.0. The summed E-state index contributed by atoms with van der Waals surface area (Å²) in [4.78, 5) is 27.0. The number of aryl methyl sites for hydroxylation is 1. The van der Waals surface area contributed by atoms with Crippen molar-refractivity contribution in [1.29, 1.82) is 0 Å². The molecule has 3 aromatic rings. The third-order valence-corrected chi connectivity index (χ3v) is 5.50. The fraction of sp³-hybridized carbons (Fsp3) is 0.227. The summed E-state index contributed by atoms with van der Waals surface area (Å²) in [5.41, 5.74) is 3.82. The van der Waals surface area contributed by atoms with Gasteiger partial charge >= 0.3 is 0 Å². The van der Waals surface area contributed by atoms with Crippen LogP contribution in [0.5, 0.6) is 0 Å². The number of carbonyl (C=O) groups is 2. The van der Waals surface area contributed by atoms with E-state index in [0.717, 1.165) is 17.1 Å². The molecule has 4 rings (SSSR count).